The molecule has 4 rings (SSSR count). The third kappa shape index (κ3) is 2.31. The second-order valence-electron chi connectivity index (χ2n) is 7.24. The summed E-state index contributed by atoms with van der Waals surface area (Å²) in [5.41, 5.74) is -0.652. The summed E-state index contributed by atoms with van der Waals surface area (Å²) in [5, 5.41) is 0. The quantitative estimate of drug-likeness (QED) is 0.568. The molecule has 23 heavy (non-hydrogen) atoms. The van der Waals surface area contributed by atoms with E-state index in [0.717, 1.165) is 19.4 Å². The summed E-state index contributed by atoms with van der Waals surface area (Å²) < 4.78 is 17.1. The molecule has 4 heterocycles. The summed E-state index contributed by atoms with van der Waals surface area (Å²) >= 11 is 0. The van der Waals surface area contributed by atoms with Gasteiger partial charge >= 0.3 is 5.97 Å². The van der Waals surface area contributed by atoms with Gasteiger partial charge in [0.25, 0.3) is 0 Å². The zero-order valence-corrected chi connectivity index (χ0v) is 13.6. The number of nitrogens with zero attached hydrogens (tertiary/aromatic N) is 1. The highest BCUT2D eigenvalue weighted by atomic mass is 16.6. The van der Waals surface area contributed by atoms with E-state index in [-0.39, 0.29) is 30.2 Å². The van der Waals surface area contributed by atoms with Gasteiger partial charge in [0.1, 0.15) is 11.5 Å². The zero-order chi connectivity index (χ0) is 16.2. The van der Waals surface area contributed by atoms with Crippen LogP contribution in [-0.2, 0) is 23.8 Å². The molecular weight excluding hydrogens is 298 g/mol. The number of hydrogen-bond donors (Lipinski definition) is 0. The predicted octanol–water partition coefficient (Wildman–Crippen LogP) is 0.899. The lowest BCUT2D eigenvalue weighted by Crippen LogP contribution is -2.41. The third-order valence-electron chi connectivity index (χ3n) is 5.25. The van der Waals surface area contributed by atoms with Crippen LogP contribution in [0.5, 0.6) is 0 Å². The summed E-state index contributed by atoms with van der Waals surface area (Å²) in [6, 6.07) is 0. The number of ether oxygens (including phenoxy) is 3. The van der Waals surface area contributed by atoms with Crippen molar-refractivity contribution < 1.29 is 23.8 Å². The molecule has 2 bridgehead atoms. The summed E-state index contributed by atoms with van der Waals surface area (Å²) in [7, 11) is 0. The van der Waals surface area contributed by atoms with Gasteiger partial charge in [0, 0.05) is 13.2 Å². The van der Waals surface area contributed by atoms with Crippen LogP contribution in [0, 0.1) is 11.8 Å². The Hall–Kier alpha value is -1.40. The van der Waals surface area contributed by atoms with Crippen molar-refractivity contribution in [3.8, 4) is 0 Å². The maximum absolute atomic E-state index is 12.9. The number of hydrogen-bond acceptors (Lipinski definition) is 5. The van der Waals surface area contributed by atoms with Crippen molar-refractivity contribution in [1.82, 2.24) is 4.90 Å². The van der Waals surface area contributed by atoms with Crippen LogP contribution in [0.3, 0.4) is 0 Å². The summed E-state index contributed by atoms with van der Waals surface area (Å²) in [6.45, 7) is 5.50. The highest BCUT2D eigenvalue weighted by Gasteiger charge is 2.67. The Morgan fingerprint density at radius 1 is 1.52 bits per heavy atom. The fraction of sp³-hybridized carbons (Fsp3) is 0.765. The van der Waals surface area contributed by atoms with Crippen LogP contribution in [0.4, 0.5) is 0 Å². The molecule has 0 N–H and O–H groups in total. The van der Waals surface area contributed by atoms with Crippen LogP contribution < -0.4 is 0 Å². The second-order valence-corrected chi connectivity index (χ2v) is 7.24. The van der Waals surface area contributed by atoms with Crippen molar-refractivity contribution >= 4 is 11.9 Å². The molecule has 3 fully saturated rings. The van der Waals surface area contributed by atoms with Gasteiger partial charge in [-0.1, -0.05) is 12.2 Å². The molecule has 1 amide bonds. The highest BCUT2D eigenvalue weighted by Crippen LogP contribution is 2.52. The molecule has 4 aliphatic heterocycles. The number of carbonyl (C=O) groups excluding carboxylic acids is 2. The van der Waals surface area contributed by atoms with Crippen LogP contribution in [0.1, 0.15) is 26.7 Å². The number of esters is 1. The van der Waals surface area contributed by atoms with Gasteiger partial charge in [-0.3, -0.25) is 9.59 Å². The number of fused-ring (bicyclic) bond motifs is 1. The number of carbonyl (C=O) groups is 2. The SMILES string of the molecule is CC(C)OC(=O)[C@H]1[C@@H]2C=C[C@]3(CN(C[C@@H]4CCCO4)C(=O)[C@H]13)O2. The molecule has 6 nitrogen and oxygen atoms in total. The monoisotopic (exact) mass is 321 g/mol. The maximum atomic E-state index is 12.9. The topological polar surface area (TPSA) is 65.1 Å². The van der Waals surface area contributed by atoms with E-state index in [2.05, 4.69) is 0 Å². The standard InChI is InChI=1S/C17H23NO5/c1-10(2)22-16(20)13-12-5-6-17(23-12)9-18(15(19)14(13)17)8-11-4-3-7-21-11/h5-6,10-14H,3-4,7-9H2,1-2H3/t11-,12-,13-,14-,17+/m0/s1. The number of rotatable bonds is 4. The van der Waals surface area contributed by atoms with Gasteiger partial charge in [-0.25, -0.2) is 0 Å². The van der Waals surface area contributed by atoms with Gasteiger partial charge in [0.2, 0.25) is 5.91 Å². The largest absolute Gasteiger partial charge is 0.463 e. The van der Waals surface area contributed by atoms with Crippen LogP contribution in [0.25, 0.3) is 0 Å². The third-order valence-corrected chi connectivity index (χ3v) is 5.25. The Bertz CT molecular complexity index is 553. The minimum Gasteiger partial charge on any atom is -0.463 e. The Kier molecular flexibility index (Phi) is 3.50. The lowest BCUT2D eigenvalue weighted by Gasteiger charge is -2.24. The molecule has 5 atom stereocenters. The van der Waals surface area contributed by atoms with Crippen molar-refractivity contribution in [3.63, 3.8) is 0 Å². The van der Waals surface area contributed by atoms with Gasteiger partial charge in [0.15, 0.2) is 0 Å². The van der Waals surface area contributed by atoms with Crippen molar-refractivity contribution in [3.05, 3.63) is 12.2 Å². The van der Waals surface area contributed by atoms with E-state index in [1.807, 2.05) is 30.9 Å². The Morgan fingerprint density at radius 3 is 3.04 bits per heavy atom. The molecule has 0 aliphatic carbocycles. The van der Waals surface area contributed by atoms with Gasteiger partial charge in [-0.15, -0.1) is 0 Å². The minimum absolute atomic E-state index is 0.00180. The summed E-state index contributed by atoms with van der Waals surface area (Å²) in [5.74, 6) is -1.30. The minimum atomic E-state index is -0.652. The molecule has 0 aromatic rings. The lowest BCUT2D eigenvalue weighted by atomic mass is 9.77. The van der Waals surface area contributed by atoms with Crippen molar-refractivity contribution in [2.75, 3.05) is 19.7 Å². The van der Waals surface area contributed by atoms with Gasteiger partial charge in [-0.05, 0) is 26.7 Å². The molecule has 1 spiro atoms. The Balaban J connectivity index is 1.54. The molecule has 6 heteroatoms. The van der Waals surface area contributed by atoms with E-state index >= 15 is 0 Å². The van der Waals surface area contributed by atoms with E-state index in [0.29, 0.717) is 13.1 Å². The average molecular weight is 321 g/mol. The Morgan fingerprint density at radius 2 is 2.35 bits per heavy atom. The van der Waals surface area contributed by atoms with Crippen LogP contribution in [-0.4, -0.2) is 60.4 Å². The van der Waals surface area contributed by atoms with Crippen LogP contribution in [0.15, 0.2) is 12.2 Å². The normalized spacial score (nSPS) is 41.2. The molecule has 126 valence electrons. The van der Waals surface area contributed by atoms with Crippen molar-refractivity contribution in [2.24, 2.45) is 11.8 Å². The first-order chi connectivity index (χ1) is 11.0. The number of likely N-dealkylation sites (tertiary alicyclic amines) is 1. The summed E-state index contributed by atoms with van der Waals surface area (Å²) in [4.78, 5) is 27.2. The predicted molar refractivity (Wildman–Crippen MR) is 80.5 cm³/mol. The maximum Gasteiger partial charge on any atom is 0.313 e. The second kappa shape index (κ2) is 5.31. The molecule has 0 aromatic carbocycles. The fourth-order valence-corrected chi connectivity index (χ4v) is 4.35. The van der Waals surface area contributed by atoms with Gasteiger partial charge in [-0.2, -0.15) is 0 Å². The highest BCUT2D eigenvalue weighted by molar-refractivity contribution is 5.91. The molecule has 0 saturated carbocycles. The number of amides is 1. The van der Waals surface area contributed by atoms with Gasteiger partial charge < -0.3 is 19.1 Å². The van der Waals surface area contributed by atoms with Crippen LogP contribution in [0.2, 0.25) is 0 Å². The first kappa shape index (κ1) is 15.1. The fourth-order valence-electron chi connectivity index (χ4n) is 4.35. The molecule has 0 radical (unpaired) electrons. The molecular formula is C17H23NO5. The summed E-state index contributed by atoms with van der Waals surface area (Å²) in [6.07, 6.45) is 5.49. The average Bonchev–Trinajstić information content (AvgIpc) is 3.21. The molecule has 4 aliphatic rings. The molecule has 0 unspecified atom stereocenters. The van der Waals surface area contributed by atoms with Gasteiger partial charge in [0.05, 0.1) is 30.8 Å². The zero-order valence-electron chi connectivity index (χ0n) is 13.6. The molecule has 3 saturated heterocycles. The van der Waals surface area contributed by atoms with E-state index in [4.69, 9.17) is 14.2 Å². The van der Waals surface area contributed by atoms with E-state index in [1.54, 1.807) is 0 Å². The molecule has 0 aromatic heterocycles. The van der Waals surface area contributed by atoms with E-state index in [1.165, 1.54) is 0 Å². The van der Waals surface area contributed by atoms with E-state index < -0.39 is 17.4 Å². The smallest absolute Gasteiger partial charge is 0.313 e. The van der Waals surface area contributed by atoms with Crippen molar-refractivity contribution in [2.45, 2.75) is 50.6 Å². The Labute approximate surface area is 135 Å². The van der Waals surface area contributed by atoms with Crippen molar-refractivity contribution in [1.29, 1.82) is 0 Å². The first-order valence-corrected chi connectivity index (χ1v) is 8.48. The first-order valence-electron chi connectivity index (χ1n) is 8.48. The van der Waals surface area contributed by atoms with Crippen LogP contribution >= 0.6 is 0 Å². The lowest BCUT2D eigenvalue weighted by molar-refractivity contribution is -0.157. The van der Waals surface area contributed by atoms with E-state index in [9.17, 15) is 9.59 Å².